The second-order valence-electron chi connectivity index (χ2n) is 4.78. The maximum atomic E-state index is 12.1. The number of carboxylic acid groups (broad SMARTS) is 1. The smallest absolute Gasteiger partial charge is 0.304 e. The third-order valence-electron chi connectivity index (χ3n) is 3.09. The fraction of sp³-hybridized carbons (Fsp3) is 0.900. The summed E-state index contributed by atoms with van der Waals surface area (Å²) in [5.41, 5.74) is 0. The molecule has 0 radical (unpaired) electrons. The van der Waals surface area contributed by atoms with Gasteiger partial charge in [0.1, 0.15) is 0 Å². The number of carbonyl (C=O) groups is 1. The van der Waals surface area contributed by atoms with Crippen LogP contribution in [0.25, 0.3) is 0 Å². The molecule has 0 bridgehead atoms. The van der Waals surface area contributed by atoms with E-state index in [-0.39, 0.29) is 11.7 Å². The van der Waals surface area contributed by atoms with Crippen molar-refractivity contribution in [2.75, 3.05) is 0 Å². The summed E-state index contributed by atoms with van der Waals surface area (Å²) < 4.78 is 23.1. The highest BCUT2D eigenvalue weighted by Gasteiger charge is 2.42. The summed E-state index contributed by atoms with van der Waals surface area (Å²) in [6.07, 6.45) is 2.93. The molecule has 1 N–H and O–H groups in total. The van der Waals surface area contributed by atoms with Crippen LogP contribution in [0.15, 0.2) is 0 Å². The van der Waals surface area contributed by atoms with Crippen LogP contribution >= 0.6 is 0 Å². The molecular formula is C10H18O4S. The van der Waals surface area contributed by atoms with Crippen molar-refractivity contribution < 1.29 is 18.3 Å². The van der Waals surface area contributed by atoms with Crippen molar-refractivity contribution in [2.24, 2.45) is 0 Å². The summed E-state index contributed by atoms with van der Waals surface area (Å²) in [6.45, 7) is 3.02. The van der Waals surface area contributed by atoms with Gasteiger partial charge < -0.3 is 5.11 Å². The lowest BCUT2D eigenvalue weighted by Crippen LogP contribution is -2.40. The molecule has 5 heteroatoms. The van der Waals surface area contributed by atoms with Crippen molar-refractivity contribution in [1.29, 1.82) is 0 Å². The van der Waals surface area contributed by atoms with Gasteiger partial charge in [-0.15, -0.1) is 0 Å². The quantitative estimate of drug-likeness (QED) is 0.802. The predicted molar refractivity (Wildman–Crippen MR) is 57.5 cm³/mol. The zero-order valence-corrected chi connectivity index (χ0v) is 10.0. The molecule has 1 fully saturated rings. The molecule has 0 spiro atoms. The molecule has 0 aromatic rings. The number of carboxylic acids is 1. The molecule has 0 unspecified atom stereocenters. The number of sulfone groups is 1. The van der Waals surface area contributed by atoms with Crippen molar-refractivity contribution in [3.63, 3.8) is 0 Å². The second kappa shape index (κ2) is 4.12. The Morgan fingerprint density at radius 2 is 1.80 bits per heavy atom. The highest BCUT2D eigenvalue weighted by Crippen LogP contribution is 2.33. The first-order valence-electron chi connectivity index (χ1n) is 5.22. The van der Waals surface area contributed by atoms with Gasteiger partial charge in [0.05, 0.1) is 16.4 Å². The number of hydrogen-bond acceptors (Lipinski definition) is 3. The minimum absolute atomic E-state index is 0.314. The van der Waals surface area contributed by atoms with E-state index in [2.05, 4.69) is 0 Å². The van der Waals surface area contributed by atoms with Gasteiger partial charge in [0.2, 0.25) is 0 Å². The number of aliphatic carboxylic acids is 1. The van der Waals surface area contributed by atoms with Gasteiger partial charge in [-0.25, -0.2) is 8.42 Å². The molecular weight excluding hydrogens is 216 g/mol. The Bertz CT molecular complexity index is 336. The molecule has 15 heavy (non-hydrogen) atoms. The van der Waals surface area contributed by atoms with Crippen LogP contribution in [0.3, 0.4) is 0 Å². The molecule has 1 rings (SSSR count). The van der Waals surface area contributed by atoms with Crippen molar-refractivity contribution in [3.05, 3.63) is 0 Å². The molecule has 0 aliphatic heterocycles. The van der Waals surface area contributed by atoms with Crippen LogP contribution in [0, 0.1) is 0 Å². The topological polar surface area (TPSA) is 71.4 Å². The van der Waals surface area contributed by atoms with E-state index in [9.17, 15) is 13.2 Å². The first kappa shape index (κ1) is 12.5. The van der Waals surface area contributed by atoms with Gasteiger partial charge in [-0.05, 0) is 26.7 Å². The minimum Gasteiger partial charge on any atom is -0.481 e. The Morgan fingerprint density at radius 3 is 2.20 bits per heavy atom. The van der Waals surface area contributed by atoms with E-state index in [1.54, 1.807) is 0 Å². The summed E-state index contributed by atoms with van der Waals surface area (Å²) >= 11 is 0. The number of rotatable bonds is 4. The summed E-state index contributed by atoms with van der Waals surface area (Å²) in [6, 6.07) is 0. The lowest BCUT2D eigenvalue weighted by Gasteiger charge is -2.26. The van der Waals surface area contributed by atoms with Gasteiger partial charge in [0.15, 0.2) is 9.84 Å². The average Bonchev–Trinajstić information content (AvgIpc) is 2.52. The molecule has 0 saturated heterocycles. The lowest BCUT2D eigenvalue weighted by molar-refractivity contribution is -0.137. The maximum absolute atomic E-state index is 12.1. The van der Waals surface area contributed by atoms with Crippen LogP contribution in [0.5, 0.6) is 0 Å². The van der Waals surface area contributed by atoms with Crippen LogP contribution in [0.4, 0.5) is 0 Å². The molecule has 1 aliphatic rings. The van der Waals surface area contributed by atoms with E-state index in [0.717, 1.165) is 12.8 Å². The molecule has 1 aliphatic carbocycles. The zero-order chi connectivity index (χ0) is 11.7. The molecule has 0 amide bonds. The summed E-state index contributed by atoms with van der Waals surface area (Å²) in [4.78, 5) is 10.6. The van der Waals surface area contributed by atoms with Crippen LogP contribution in [0.1, 0.15) is 46.0 Å². The van der Waals surface area contributed by atoms with Gasteiger partial charge in [0.25, 0.3) is 0 Å². The van der Waals surface area contributed by atoms with Gasteiger partial charge in [0, 0.05) is 0 Å². The first-order valence-corrected chi connectivity index (χ1v) is 6.77. The van der Waals surface area contributed by atoms with Gasteiger partial charge in [-0.3, -0.25) is 4.79 Å². The molecule has 4 nitrogen and oxygen atoms in total. The molecule has 0 aromatic heterocycles. The average molecular weight is 234 g/mol. The highest BCUT2D eigenvalue weighted by atomic mass is 32.2. The first-order chi connectivity index (χ1) is 6.77. The number of hydrogen-bond donors (Lipinski definition) is 1. The normalized spacial score (nSPS) is 19.3. The molecule has 88 valence electrons. The zero-order valence-electron chi connectivity index (χ0n) is 9.19. The van der Waals surface area contributed by atoms with Gasteiger partial charge >= 0.3 is 5.97 Å². The van der Waals surface area contributed by atoms with E-state index >= 15 is 0 Å². The summed E-state index contributed by atoms with van der Waals surface area (Å²) in [7, 11) is -3.31. The highest BCUT2D eigenvalue weighted by molar-refractivity contribution is 7.93. The molecule has 0 aromatic carbocycles. The summed E-state index contributed by atoms with van der Waals surface area (Å²) in [5.74, 6) is -1.05. The Balaban J connectivity index is 2.88. The predicted octanol–water partition coefficient (Wildman–Crippen LogP) is 1.60. The van der Waals surface area contributed by atoms with E-state index in [0.29, 0.717) is 12.8 Å². The van der Waals surface area contributed by atoms with Crippen LogP contribution in [-0.2, 0) is 14.6 Å². The van der Waals surface area contributed by atoms with Crippen LogP contribution < -0.4 is 0 Å². The Hall–Kier alpha value is -0.580. The largest absolute Gasteiger partial charge is 0.481 e. The molecule has 1 saturated carbocycles. The summed E-state index contributed by atoms with van der Waals surface area (Å²) in [5, 5.41) is 8.36. The molecule has 0 heterocycles. The van der Waals surface area contributed by atoms with Crippen molar-refractivity contribution >= 4 is 15.8 Å². The maximum Gasteiger partial charge on any atom is 0.304 e. The van der Waals surface area contributed by atoms with Gasteiger partial charge in [-0.2, -0.15) is 0 Å². The third-order valence-corrected chi connectivity index (χ3v) is 6.12. The van der Waals surface area contributed by atoms with E-state index < -0.39 is 20.6 Å². The van der Waals surface area contributed by atoms with Gasteiger partial charge in [-0.1, -0.05) is 12.8 Å². The minimum atomic E-state index is -3.31. The van der Waals surface area contributed by atoms with E-state index in [1.165, 1.54) is 13.8 Å². The Kier molecular flexibility index (Phi) is 3.43. The van der Waals surface area contributed by atoms with Crippen molar-refractivity contribution in [1.82, 2.24) is 0 Å². The SMILES string of the molecule is CC(C)(CC(=O)O)S(=O)(=O)C1CCCC1. The van der Waals surface area contributed by atoms with E-state index in [4.69, 9.17) is 5.11 Å². The monoisotopic (exact) mass is 234 g/mol. The standard InChI is InChI=1S/C10H18O4S/c1-10(2,7-9(11)12)15(13,14)8-5-3-4-6-8/h8H,3-7H2,1-2H3,(H,11,12). The second-order valence-corrected chi connectivity index (χ2v) is 7.64. The van der Waals surface area contributed by atoms with E-state index in [1.807, 2.05) is 0 Å². The van der Waals surface area contributed by atoms with Crippen molar-refractivity contribution in [2.45, 2.75) is 55.9 Å². The molecule has 0 atom stereocenters. The third kappa shape index (κ3) is 2.51. The Labute approximate surface area is 90.6 Å². The van der Waals surface area contributed by atoms with Crippen LogP contribution in [0.2, 0.25) is 0 Å². The Morgan fingerprint density at radius 1 is 1.33 bits per heavy atom. The fourth-order valence-corrected chi connectivity index (χ4v) is 4.30. The van der Waals surface area contributed by atoms with Crippen molar-refractivity contribution in [3.8, 4) is 0 Å². The van der Waals surface area contributed by atoms with Crippen LogP contribution in [-0.4, -0.2) is 29.5 Å². The fourth-order valence-electron chi connectivity index (χ4n) is 2.11. The lowest BCUT2D eigenvalue weighted by atomic mass is 10.1.